The van der Waals surface area contributed by atoms with Crippen molar-refractivity contribution in [1.82, 2.24) is 0 Å². The molecule has 364 valence electrons. The molecule has 0 heterocycles. The number of rotatable bonds is 48. The fourth-order valence-electron chi connectivity index (χ4n) is 7.42. The Hall–Kier alpha value is -2.89. The van der Waals surface area contributed by atoms with Gasteiger partial charge in [0.15, 0.2) is 6.10 Å². The van der Waals surface area contributed by atoms with Crippen LogP contribution in [0.3, 0.4) is 0 Å². The van der Waals surface area contributed by atoms with Crippen LogP contribution in [0.5, 0.6) is 0 Å². The van der Waals surface area contributed by atoms with Gasteiger partial charge in [0.2, 0.25) is 0 Å². The molecule has 0 saturated carbocycles. The fraction of sp³-hybridized carbons (Fsp3) is 0.772. The Labute approximate surface area is 390 Å². The lowest BCUT2D eigenvalue weighted by atomic mass is 10.0. The number of allylic oxidation sites excluding steroid dienone is 10. The second-order valence-corrected chi connectivity index (χ2v) is 17.8. The van der Waals surface area contributed by atoms with Crippen LogP contribution in [0.2, 0.25) is 0 Å². The van der Waals surface area contributed by atoms with Gasteiger partial charge in [0.25, 0.3) is 0 Å². The van der Waals surface area contributed by atoms with E-state index in [0.717, 1.165) is 109 Å². The van der Waals surface area contributed by atoms with Gasteiger partial charge < -0.3 is 14.2 Å². The van der Waals surface area contributed by atoms with Crippen molar-refractivity contribution in [2.75, 3.05) is 13.2 Å². The summed E-state index contributed by atoms with van der Waals surface area (Å²) in [7, 11) is 0. The second kappa shape index (κ2) is 51.7. The van der Waals surface area contributed by atoms with E-state index in [0.29, 0.717) is 19.3 Å². The summed E-state index contributed by atoms with van der Waals surface area (Å²) < 4.78 is 16.8. The molecule has 0 saturated heterocycles. The van der Waals surface area contributed by atoms with Crippen LogP contribution in [0.15, 0.2) is 60.8 Å². The lowest BCUT2D eigenvalue weighted by Gasteiger charge is -2.18. The number of hydrogen-bond acceptors (Lipinski definition) is 6. The first-order chi connectivity index (χ1) is 31.0. The van der Waals surface area contributed by atoms with Gasteiger partial charge in [-0.25, -0.2) is 0 Å². The summed E-state index contributed by atoms with van der Waals surface area (Å²) in [5.74, 6) is -0.915. The summed E-state index contributed by atoms with van der Waals surface area (Å²) in [6, 6.07) is 0. The van der Waals surface area contributed by atoms with Gasteiger partial charge in [-0.2, -0.15) is 0 Å². The Morgan fingerprint density at radius 2 is 0.571 bits per heavy atom. The maximum atomic E-state index is 12.8. The fourth-order valence-corrected chi connectivity index (χ4v) is 7.42. The van der Waals surface area contributed by atoms with E-state index in [9.17, 15) is 14.4 Å². The number of carbonyl (C=O) groups is 3. The van der Waals surface area contributed by atoms with E-state index in [1.807, 2.05) is 0 Å². The summed E-state index contributed by atoms with van der Waals surface area (Å²) in [6.07, 6.45) is 63.4. The van der Waals surface area contributed by atoms with Crippen molar-refractivity contribution in [1.29, 1.82) is 0 Å². The van der Waals surface area contributed by atoms with Gasteiger partial charge in [-0.05, 0) is 89.9 Å². The molecule has 63 heavy (non-hydrogen) atoms. The monoisotopic (exact) mass is 881 g/mol. The average Bonchev–Trinajstić information content (AvgIpc) is 3.28. The summed E-state index contributed by atoms with van der Waals surface area (Å²) in [5, 5.41) is 0. The predicted octanol–water partition coefficient (Wildman–Crippen LogP) is 17.6. The first-order valence-electron chi connectivity index (χ1n) is 26.8. The van der Waals surface area contributed by atoms with Crippen LogP contribution in [0.25, 0.3) is 0 Å². The zero-order valence-corrected chi connectivity index (χ0v) is 41.6. The van der Waals surface area contributed by atoms with Crippen molar-refractivity contribution in [2.24, 2.45) is 0 Å². The molecular formula is C57H100O6. The van der Waals surface area contributed by atoms with Gasteiger partial charge in [-0.15, -0.1) is 0 Å². The molecule has 0 aromatic rings. The average molecular weight is 881 g/mol. The molecule has 0 aromatic carbocycles. The van der Waals surface area contributed by atoms with Gasteiger partial charge in [-0.3, -0.25) is 14.4 Å². The Bertz CT molecular complexity index is 1150. The van der Waals surface area contributed by atoms with E-state index < -0.39 is 6.10 Å². The molecule has 0 aliphatic carbocycles. The van der Waals surface area contributed by atoms with Gasteiger partial charge in [-0.1, -0.05) is 216 Å². The molecule has 0 aromatic heterocycles. The Morgan fingerprint density at radius 1 is 0.317 bits per heavy atom. The quantitative estimate of drug-likeness (QED) is 0.0262. The van der Waals surface area contributed by atoms with Crippen LogP contribution >= 0.6 is 0 Å². The predicted molar refractivity (Wildman–Crippen MR) is 270 cm³/mol. The third kappa shape index (κ3) is 50.0. The molecule has 0 fully saturated rings. The lowest BCUT2D eigenvalue weighted by molar-refractivity contribution is -0.167. The van der Waals surface area contributed by atoms with Crippen LogP contribution in [-0.4, -0.2) is 37.2 Å². The molecule has 6 heteroatoms. The van der Waals surface area contributed by atoms with E-state index in [-0.39, 0.29) is 31.1 Å². The highest BCUT2D eigenvalue weighted by Crippen LogP contribution is 2.15. The molecule has 0 rings (SSSR count). The summed E-state index contributed by atoms with van der Waals surface area (Å²) >= 11 is 0. The first kappa shape index (κ1) is 60.1. The lowest BCUT2D eigenvalue weighted by Crippen LogP contribution is -2.30. The Balaban J connectivity index is 4.43. The Morgan fingerprint density at radius 3 is 0.921 bits per heavy atom. The van der Waals surface area contributed by atoms with Crippen molar-refractivity contribution in [3.63, 3.8) is 0 Å². The smallest absolute Gasteiger partial charge is 0.306 e. The molecule has 0 amide bonds. The number of hydrogen-bond donors (Lipinski definition) is 0. The first-order valence-corrected chi connectivity index (χ1v) is 26.8. The topological polar surface area (TPSA) is 78.9 Å². The van der Waals surface area contributed by atoms with Gasteiger partial charge >= 0.3 is 17.9 Å². The minimum Gasteiger partial charge on any atom is -0.462 e. The Kier molecular flexibility index (Phi) is 49.4. The van der Waals surface area contributed by atoms with Crippen LogP contribution < -0.4 is 0 Å². The van der Waals surface area contributed by atoms with Crippen LogP contribution in [0.4, 0.5) is 0 Å². The molecule has 0 spiro atoms. The highest BCUT2D eigenvalue weighted by molar-refractivity contribution is 5.71. The van der Waals surface area contributed by atoms with Gasteiger partial charge in [0.1, 0.15) is 13.2 Å². The SMILES string of the molecule is CCCCC/C=C\C/C=C\C/C=C\CCCCCCC(=O)OC[C@@H](COC(=O)CCCCCCCCCCCCCCC)OC(=O)CCCCCCC/C=C\C/C=C\CCCCC. The molecule has 6 nitrogen and oxygen atoms in total. The summed E-state index contributed by atoms with van der Waals surface area (Å²) in [5.41, 5.74) is 0. The van der Waals surface area contributed by atoms with Crippen LogP contribution in [0.1, 0.15) is 265 Å². The van der Waals surface area contributed by atoms with Crippen LogP contribution in [0, 0.1) is 0 Å². The van der Waals surface area contributed by atoms with Crippen molar-refractivity contribution in [3.05, 3.63) is 60.8 Å². The van der Waals surface area contributed by atoms with Gasteiger partial charge in [0.05, 0.1) is 0 Å². The number of ether oxygens (including phenoxy) is 3. The molecule has 0 aliphatic rings. The molecule has 0 unspecified atom stereocenters. The highest BCUT2D eigenvalue weighted by Gasteiger charge is 2.19. The van der Waals surface area contributed by atoms with Crippen molar-refractivity contribution in [2.45, 2.75) is 271 Å². The van der Waals surface area contributed by atoms with E-state index in [1.165, 1.54) is 116 Å². The maximum absolute atomic E-state index is 12.8. The molecular weight excluding hydrogens is 781 g/mol. The standard InChI is InChI=1S/C57H100O6/c1-4-7-10-13-16-19-22-25-27-28-30-32-35-38-41-44-47-50-56(59)62-53-54(52-61-55(58)49-46-43-40-37-34-31-24-21-18-15-12-9-6-3)63-57(60)51-48-45-42-39-36-33-29-26-23-20-17-14-11-8-5-2/h16-17,19-20,25-27,29-30,32,54H,4-15,18,21-24,28,31,33-53H2,1-3H3/b19-16-,20-17-,27-25-,29-26-,32-30-/t54-/m1/s1. The van der Waals surface area contributed by atoms with E-state index >= 15 is 0 Å². The number of carbonyl (C=O) groups excluding carboxylic acids is 3. The zero-order chi connectivity index (χ0) is 45.8. The van der Waals surface area contributed by atoms with Gasteiger partial charge in [0, 0.05) is 19.3 Å². The third-order valence-corrected chi connectivity index (χ3v) is 11.5. The number of esters is 3. The second-order valence-electron chi connectivity index (χ2n) is 17.8. The number of unbranched alkanes of at least 4 members (excludes halogenated alkanes) is 27. The van der Waals surface area contributed by atoms with E-state index in [2.05, 4.69) is 81.5 Å². The third-order valence-electron chi connectivity index (χ3n) is 11.5. The maximum Gasteiger partial charge on any atom is 0.306 e. The van der Waals surface area contributed by atoms with E-state index in [1.54, 1.807) is 0 Å². The zero-order valence-electron chi connectivity index (χ0n) is 41.6. The van der Waals surface area contributed by atoms with Crippen LogP contribution in [-0.2, 0) is 28.6 Å². The molecule has 0 N–H and O–H groups in total. The molecule has 0 aliphatic heterocycles. The van der Waals surface area contributed by atoms with Crippen molar-refractivity contribution in [3.8, 4) is 0 Å². The molecule has 0 bridgehead atoms. The summed E-state index contributed by atoms with van der Waals surface area (Å²) in [4.78, 5) is 38.0. The molecule has 1 atom stereocenters. The van der Waals surface area contributed by atoms with Crippen molar-refractivity contribution < 1.29 is 28.6 Å². The largest absolute Gasteiger partial charge is 0.462 e. The minimum atomic E-state index is -0.788. The minimum absolute atomic E-state index is 0.0854. The normalized spacial score (nSPS) is 12.5. The summed E-state index contributed by atoms with van der Waals surface area (Å²) in [6.45, 7) is 6.56. The van der Waals surface area contributed by atoms with E-state index in [4.69, 9.17) is 14.2 Å². The van der Waals surface area contributed by atoms with Crippen molar-refractivity contribution >= 4 is 17.9 Å². The highest BCUT2D eigenvalue weighted by atomic mass is 16.6. The molecule has 0 radical (unpaired) electrons.